The lowest BCUT2D eigenvalue weighted by atomic mass is 9.67. The van der Waals surface area contributed by atoms with Crippen molar-refractivity contribution in [1.29, 1.82) is 0 Å². The van der Waals surface area contributed by atoms with E-state index >= 15 is 0 Å². The maximum absolute atomic E-state index is 13.1. The molecule has 0 amide bonds. The summed E-state index contributed by atoms with van der Waals surface area (Å²) < 4.78 is 34.2. The van der Waals surface area contributed by atoms with E-state index in [0.717, 1.165) is 48.1 Å². The lowest BCUT2D eigenvalue weighted by Crippen LogP contribution is -2.31. The fourth-order valence-electron chi connectivity index (χ4n) is 8.20. The van der Waals surface area contributed by atoms with Crippen LogP contribution in [0.5, 0.6) is 28.7 Å². The summed E-state index contributed by atoms with van der Waals surface area (Å²) in [5, 5.41) is 0. The topological polar surface area (TPSA) is 89.5 Å². The molecule has 0 bridgehead atoms. The van der Waals surface area contributed by atoms with Gasteiger partial charge in [0.15, 0.2) is 23.0 Å². The molecule has 0 spiro atoms. The van der Waals surface area contributed by atoms with Gasteiger partial charge < -0.3 is 28.4 Å². The normalized spacial score (nSPS) is 18.6. The molecule has 51 heavy (non-hydrogen) atoms. The molecule has 0 aromatic heterocycles. The second-order valence-corrected chi connectivity index (χ2v) is 14.8. The molecule has 282 valence electrons. The summed E-state index contributed by atoms with van der Waals surface area (Å²) in [5.41, 5.74) is 2.94. The zero-order chi connectivity index (χ0) is 35.8. The van der Waals surface area contributed by atoms with Gasteiger partial charge in [-0.05, 0) is 53.8 Å². The number of carbonyl (C=O) groups is 2. The van der Waals surface area contributed by atoms with Gasteiger partial charge in [-0.3, -0.25) is 9.59 Å². The van der Waals surface area contributed by atoms with E-state index in [9.17, 15) is 9.59 Å². The molecule has 3 atom stereocenters. The predicted molar refractivity (Wildman–Crippen MR) is 199 cm³/mol. The van der Waals surface area contributed by atoms with Crippen molar-refractivity contribution in [3.63, 3.8) is 0 Å². The zero-order valence-corrected chi connectivity index (χ0v) is 31.6. The molecule has 3 aliphatic rings. The smallest absolute Gasteiger partial charge is 0.311 e. The third-order valence-corrected chi connectivity index (χ3v) is 11.1. The number of rotatable bonds is 24. The van der Waals surface area contributed by atoms with Gasteiger partial charge in [-0.25, -0.2) is 0 Å². The van der Waals surface area contributed by atoms with Gasteiger partial charge in [-0.1, -0.05) is 122 Å². The molecule has 1 saturated heterocycles. The molecule has 2 aromatic carbocycles. The quantitative estimate of drug-likeness (QED) is 0.0605. The third-order valence-electron chi connectivity index (χ3n) is 11.1. The minimum atomic E-state index is -0.352. The first-order valence-electron chi connectivity index (χ1n) is 20.1. The largest absolute Gasteiger partial charge is 0.493 e. The van der Waals surface area contributed by atoms with E-state index in [-0.39, 0.29) is 42.2 Å². The number of benzene rings is 2. The first-order chi connectivity index (χ1) is 25.0. The zero-order valence-electron chi connectivity index (χ0n) is 31.6. The lowest BCUT2D eigenvalue weighted by Gasteiger charge is -2.34. The molecule has 1 aliphatic carbocycles. The Hall–Kier alpha value is -3.42. The number of unbranched alkanes of at least 4 members (excludes halogenated alkanes) is 18. The molecule has 0 N–H and O–H groups in total. The first-order valence-corrected chi connectivity index (χ1v) is 20.1. The number of fused-ring (bicyclic) bond motifs is 3. The van der Waals surface area contributed by atoms with Crippen LogP contribution in [0, 0.1) is 11.8 Å². The van der Waals surface area contributed by atoms with Crippen molar-refractivity contribution < 1.29 is 38.0 Å². The molecule has 8 nitrogen and oxygen atoms in total. The van der Waals surface area contributed by atoms with Crippen molar-refractivity contribution in [2.45, 2.75) is 148 Å². The van der Waals surface area contributed by atoms with E-state index in [1.807, 2.05) is 24.3 Å². The van der Waals surface area contributed by atoms with Crippen molar-refractivity contribution >= 4 is 11.9 Å². The van der Waals surface area contributed by atoms with Gasteiger partial charge in [0.1, 0.15) is 0 Å². The molecule has 2 aromatic rings. The summed E-state index contributed by atoms with van der Waals surface area (Å²) in [4.78, 5) is 26.0. The molecule has 8 heteroatoms. The number of hydrogen-bond acceptors (Lipinski definition) is 8. The Bertz CT molecular complexity index is 1380. The Morgan fingerprint density at radius 3 is 1.73 bits per heavy atom. The molecular formula is C43H62O8. The molecule has 2 heterocycles. The number of methoxy groups -OCH3 is 2. The third kappa shape index (κ3) is 10.8. The predicted octanol–water partition coefficient (Wildman–Crippen LogP) is 10.6. The fourth-order valence-corrected chi connectivity index (χ4v) is 8.20. The standard InChI is InChI=1S/C43H62O8/c1-4-5-6-7-8-9-10-11-12-13-14-15-16-17-18-19-20-21-22-23-39(44)51-42-37(46-2)26-32(27-38(42)47-3)40-34-28-36-35(49-30-50-36)25-31(34)24-33-29-48-43(45)41(33)40/h25-28,33,40-41H,4-24,29-30H2,1-3H3/t33-,40+,41-/m0/s1. The highest BCUT2D eigenvalue weighted by Crippen LogP contribution is 2.52. The van der Waals surface area contributed by atoms with Crippen LogP contribution < -0.4 is 23.7 Å². The van der Waals surface area contributed by atoms with Crippen molar-refractivity contribution in [2.75, 3.05) is 27.6 Å². The van der Waals surface area contributed by atoms with Gasteiger partial charge in [-0.2, -0.15) is 0 Å². The van der Waals surface area contributed by atoms with Crippen LogP contribution >= 0.6 is 0 Å². The molecule has 0 radical (unpaired) electrons. The Labute approximate surface area is 306 Å². The van der Waals surface area contributed by atoms with E-state index in [4.69, 9.17) is 28.4 Å². The Morgan fingerprint density at radius 2 is 1.20 bits per heavy atom. The van der Waals surface area contributed by atoms with E-state index in [2.05, 4.69) is 6.92 Å². The van der Waals surface area contributed by atoms with Crippen LogP contribution in [0.1, 0.15) is 158 Å². The summed E-state index contributed by atoms with van der Waals surface area (Å²) in [6.07, 6.45) is 26.0. The van der Waals surface area contributed by atoms with Crippen molar-refractivity contribution in [3.8, 4) is 28.7 Å². The molecular weight excluding hydrogens is 644 g/mol. The number of cyclic esters (lactones) is 1. The maximum Gasteiger partial charge on any atom is 0.311 e. The highest BCUT2D eigenvalue weighted by atomic mass is 16.7. The van der Waals surface area contributed by atoms with Crippen molar-refractivity contribution in [3.05, 3.63) is 41.0 Å². The first kappa shape index (κ1) is 38.8. The number of esters is 2. The van der Waals surface area contributed by atoms with Gasteiger partial charge in [-0.15, -0.1) is 0 Å². The molecule has 0 saturated carbocycles. The van der Waals surface area contributed by atoms with Crippen LogP contribution in [0.4, 0.5) is 0 Å². The molecule has 2 aliphatic heterocycles. The van der Waals surface area contributed by atoms with Crippen LogP contribution in [0.15, 0.2) is 24.3 Å². The van der Waals surface area contributed by atoms with E-state index in [0.29, 0.717) is 30.3 Å². The summed E-state index contributed by atoms with van der Waals surface area (Å²) >= 11 is 0. The van der Waals surface area contributed by atoms with E-state index in [1.54, 1.807) is 14.2 Å². The van der Waals surface area contributed by atoms with Crippen LogP contribution in [-0.4, -0.2) is 39.6 Å². The number of hydrogen-bond donors (Lipinski definition) is 0. The Balaban J connectivity index is 1.02. The molecule has 5 rings (SSSR count). The second kappa shape index (κ2) is 20.6. The summed E-state index contributed by atoms with van der Waals surface area (Å²) in [6, 6.07) is 7.72. The maximum atomic E-state index is 13.1. The minimum Gasteiger partial charge on any atom is -0.493 e. The second-order valence-electron chi connectivity index (χ2n) is 14.8. The monoisotopic (exact) mass is 706 g/mol. The Kier molecular flexibility index (Phi) is 15.7. The van der Waals surface area contributed by atoms with Crippen LogP contribution in [0.25, 0.3) is 0 Å². The van der Waals surface area contributed by atoms with Gasteiger partial charge in [0.2, 0.25) is 12.5 Å². The summed E-state index contributed by atoms with van der Waals surface area (Å²) in [7, 11) is 3.10. The van der Waals surface area contributed by atoms with Gasteiger partial charge >= 0.3 is 11.9 Å². The van der Waals surface area contributed by atoms with Gasteiger partial charge in [0.25, 0.3) is 0 Å². The van der Waals surface area contributed by atoms with E-state index in [1.165, 1.54) is 103 Å². The van der Waals surface area contributed by atoms with E-state index < -0.39 is 0 Å². The SMILES string of the molecule is CCCCCCCCCCCCCCCCCCCCCC(=O)Oc1c(OC)cc([C@@H]2c3cc4c(cc3C[C@H]3COC(=O)[C@@H]32)OCO4)cc1OC. The summed E-state index contributed by atoms with van der Waals surface area (Å²) in [6.45, 7) is 2.85. The summed E-state index contributed by atoms with van der Waals surface area (Å²) in [5.74, 6) is 1.31. The number of ether oxygens (including phenoxy) is 6. The van der Waals surface area contributed by atoms with Crippen molar-refractivity contribution in [2.24, 2.45) is 11.8 Å². The van der Waals surface area contributed by atoms with Crippen LogP contribution in [0.2, 0.25) is 0 Å². The van der Waals surface area contributed by atoms with Crippen LogP contribution in [0.3, 0.4) is 0 Å². The number of carbonyl (C=O) groups excluding carboxylic acids is 2. The highest BCUT2D eigenvalue weighted by molar-refractivity contribution is 5.79. The van der Waals surface area contributed by atoms with Crippen molar-refractivity contribution in [1.82, 2.24) is 0 Å². The molecule has 1 fully saturated rings. The highest BCUT2D eigenvalue weighted by Gasteiger charge is 2.48. The lowest BCUT2D eigenvalue weighted by molar-refractivity contribution is -0.141. The average Bonchev–Trinajstić information content (AvgIpc) is 3.76. The minimum absolute atomic E-state index is 0.0454. The van der Waals surface area contributed by atoms with Gasteiger partial charge in [0, 0.05) is 18.3 Å². The van der Waals surface area contributed by atoms with Crippen LogP contribution in [-0.2, 0) is 20.7 Å². The molecule has 0 unspecified atom stereocenters. The van der Waals surface area contributed by atoms with Gasteiger partial charge in [0.05, 0.1) is 26.7 Å². The average molecular weight is 707 g/mol. The fraction of sp³-hybridized carbons (Fsp3) is 0.674. The Morgan fingerprint density at radius 1 is 0.686 bits per heavy atom.